The highest BCUT2D eigenvalue weighted by Crippen LogP contribution is 2.44. The van der Waals surface area contributed by atoms with Crippen LogP contribution in [0.5, 0.6) is 11.5 Å². The Balaban J connectivity index is 1.74. The first-order valence-corrected chi connectivity index (χ1v) is 9.02. The van der Waals surface area contributed by atoms with Gasteiger partial charge in [0.15, 0.2) is 23.1 Å². The molecule has 4 heterocycles. The largest absolute Gasteiger partial charge is 0.485 e. The van der Waals surface area contributed by atoms with Gasteiger partial charge in [0.1, 0.15) is 24.6 Å². The van der Waals surface area contributed by atoms with Crippen LogP contribution in [0, 0.1) is 0 Å². The fraction of sp³-hybridized carbons (Fsp3) is 0.267. The molecule has 124 valence electrons. The standard InChI is InChI=1S/C15H13N3O4S2/c19-12(20)7-18-15(14-13-10(8-24-14)21-3-4-22-13)16-11(17-18)6-9-2-1-5-23-9/h1-2,5,8H,3-4,6-7H2,(H,19,20). The second kappa shape index (κ2) is 6.25. The number of hydrogen-bond acceptors (Lipinski definition) is 7. The molecule has 1 aliphatic rings. The lowest BCUT2D eigenvalue weighted by atomic mass is 10.3. The summed E-state index contributed by atoms with van der Waals surface area (Å²) in [5.41, 5.74) is 0. The summed E-state index contributed by atoms with van der Waals surface area (Å²) in [6.07, 6.45) is 0.572. The zero-order chi connectivity index (χ0) is 16.5. The lowest BCUT2D eigenvalue weighted by Crippen LogP contribution is -2.15. The molecule has 9 heteroatoms. The summed E-state index contributed by atoms with van der Waals surface area (Å²) in [6, 6.07) is 3.97. The van der Waals surface area contributed by atoms with E-state index in [9.17, 15) is 4.79 Å². The van der Waals surface area contributed by atoms with Gasteiger partial charge >= 0.3 is 5.97 Å². The quantitative estimate of drug-likeness (QED) is 0.750. The van der Waals surface area contributed by atoms with Gasteiger partial charge in [-0.15, -0.1) is 22.7 Å². The van der Waals surface area contributed by atoms with E-state index in [1.807, 2.05) is 22.9 Å². The maximum Gasteiger partial charge on any atom is 0.325 e. The molecule has 0 amide bonds. The number of nitrogens with zero attached hydrogens (tertiary/aromatic N) is 3. The zero-order valence-electron chi connectivity index (χ0n) is 12.5. The molecule has 0 aliphatic carbocycles. The van der Waals surface area contributed by atoms with Crippen LogP contribution in [-0.2, 0) is 17.8 Å². The van der Waals surface area contributed by atoms with Crippen molar-refractivity contribution in [2.75, 3.05) is 13.2 Å². The molecular weight excluding hydrogens is 350 g/mol. The fourth-order valence-corrected chi connectivity index (χ4v) is 4.08. The number of thiophene rings is 2. The molecule has 4 rings (SSSR count). The van der Waals surface area contributed by atoms with Gasteiger partial charge in [0, 0.05) is 16.7 Å². The van der Waals surface area contributed by atoms with Crippen molar-refractivity contribution in [3.8, 4) is 22.2 Å². The molecule has 0 unspecified atom stereocenters. The molecule has 0 fully saturated rings. The topological polar surface area (TPSA) is 86.5 Å². The number of fused-ring (bicyclic) bond motifs is 1. The van der Waals surface area contributed by atoms with Crippen LogP contribution < -0.4 is 9.47 Å². The fourth-order valence-electron chi connectivity index (χ4n) is 2.46. The van der Waals surface area contributed by atoms with Gasteiger partial charge in [-0.3, -0.25) is 4.79 Å². The Morgan fingerprint density at radius 1 is 1.33 bits per heavy atom. The van der Waals surface area contributed by atoms with E-state index in [4.69, 9.17) is 14.6 Å². The second-order valence-electron chi connectivity index (χ2n) is 5.11. The summed E-state index contributed by atoms with van der Waals surface area (Å²) < 4.78 is 12.6. The van der Waals surface area contributed by atoms with E-state index in [0.717, 1.165) is 9.75 Å². The maximum absolute atomic E-state index is 11.2. The Morgan fingerprint density at radius 2 is 2.21 bits per heavy atom. The van der Waals surface area contributed by atoms with Crippen LogP contribution in [0.15, 0.2) is 22.9 Å². The lowest BCUT2D eigenvalue weighted by molar-refractivity contribution is -0.137. The van der Waals surface area contributed by atoms with E-state index in [1.165, 1.54) is 16.0 Å². The van der Waals surface area contributed by atoms with Crippen LogP contribution in [0.2, 0.25) is 0 Å². The van der Waals surface area contributed by atoms with Crippen LogP contribution in [-0.4, -0.2) is 39.1 Å². The highest BCUT2D eigenvalue weighted by molar-refractivity contribution is 7.14. The molecule has 1 aliphatic heterocycles. The molecule has 3 aromatic heterocycles. The number of rotatable bonds is 5. The SMILES string of the molecule is O=C(O)Cn1nc(Cc2cccs2)nc1-c1scc2c1OCCO2. The highest BCUT2D eigenvalue weighted by Gasteiger charge is 2.25. The summed E-state index contributed by atoms with van der Waals surface area (Å²) in [6.45, 7) is 0.723. The monoisotopic (exact) mass is 363 g/mol. The molecule has 0 saturated carbocycles. The molecule has 1 N–H and O–H groups in total. The number of aliphatic carboxylic acids is 1. The van der Waals surface area contributed by atoms with E-state index >= 15 is 0 Å². The lowest BCUT2D eigenvalue weighted by Gasteiger charge is -2.15. The molecule has 0 saturated heterocycles. The van der Waals surface area contributed by atoms with Crippen LogP contribution >= 0.6 is 22.7 Å². The normalized spacial score (nSPS) is 13.2. The van der Waals surface area contributed by atoms with Crippen molar-refractivity contribution < 1.29 is 19.4 Å². The first-order chi connectivity index (χ1) is 11.7. The summed E-state index contributed by atoms with van der Waals surface area (Å²) >= 11 is 3.04. The number of carboxylic acids is 1. The molecule has 0 spiro atoms. The van der Waals surface area contributed by atoms with E-state index in [0.29, 0.717) is 42.8 Å². The summed E-state index contributed by atoms with van der Waals surface area (Å²) in [5.74, 6) is 1.42. The first-order valence-electron chi connectivity index (χ1n) is 7.26. The van der Waals surface area contributed by atoms with Crippen molar-refractivity contribution in [1.82, 2.24) is 14.8 Å². The van der Waals surface area contributed by atoms with Crippen molar-refractivity contribution in [3.05, 3.63) is 33.6 Å². The third-order valence-electron chi connectivity index (χ3n) is 3.42. The average molecular weight is 363 g/mol. The van der Waals surface area contributed by atoms with E-state index < -0.39 is 5.97 Å². The van der Waals surface area contributed by atoms with Crippen molar-refractivity contribution in [1.29, 1.82) is 0 Å². The van der Waals surface area contributed by atoms with Gasteiger partial charge in [-0.25, -0.2) is 9.67 Å². The van der Waals surface area contributed by atoms with Gasteiger partial charge in [-0.1, -0.05) is 6.07 Å². The number of aromatic nitrogens is 3. The van der Waals surface area contributed by atoms with Crippen LogP contribution in [0.3, 0.4) is 0 Å². The van der Waals surface area contributed by atoms with Crippen molar-refractivity contribution in [2.24, 2.45) is 0 Å². The summed E-state index contributed by atoms with van der Waals surface area (Å²) in [7, 11) is 0. The number of ether oxygens (including phenoxy) is 2. The van der Waals surface area contributed by atoms with Crippen molar-refractivity contribution >= 4 is 28.6 Å². The van der Waals surface area contributed by atoms with Gasteiger partial charge in [0.25, 0.3) is 0 Å². The predicted octanol–water partition coefficient (Wildman–Crippen LogP) is 2.51. The molecule has 24 heavy (non-hydrogen) atoms. The van der Waals surface area contributed by atoms with Crippen molar-refractivity contribution in [2.45, 2.75) is 13.0 Å². The number of hydrogen-bond donors (Lipinski definition) is 1. The Bertz CT molecular complexity index is 870. The molecule has 0 aromatic carbocycles. The van der Waals surface area contributed by atoms with E-state index in [-0.39, 0.29) is 6.54 Å². The van der Waals surface area contributed by atoms with E-state index in [1.54, 1.807) is 11.3 Å². The minimum absolute atomic E-state index is 0.250. The Labute approximate surface area is 145 Å². The summed E-state index contributed by atoms with van der Waals surface area (Å²) in [5, 5.41) is 17.4. The molecule has 0 atom stereocenters. The highest BCUT2D eigenvalue weighted by atomic mass is 32.1. The first kappa shape index (κ1) is 15.2. The van der Waals surface area contributed by atoms with Gasteiger partial charge in [0.2, 0.25) is 0 Å². The number of carboxylic acid groups (broad SMARTS) is 1. The second-order valence-corrected chi connectivity index (χ2v) is 7.03. The molecular formula is C15H13N3O4S2. The van der Waals surface area contributed by atoms with Crippen molar-refractivity contribution in [3.63, 3.8) is 0 Å². The molecule has 0 radical (unpaired) electrons. The zero-order valence-corrected chi connectivity index (χ0v) is 14.1. The molecule has 0 bridgehead atoms. The average Bonchev–Trinajstić information content (AvgIpc) is 3.27. The Hall–Kier alpha value is -2.39. The Morgan fingerprint density at radius 3 is 3.00 bits per heavy atom. The Kier molecular flexibility index (Phi) is 3.95. The third kappa shape index (κ3) is 2.87. The van der Waals surface area contributed by atoms with E-state index in [2.05, 4.69) is 10.1 Å². The maximum atomic E-state index is 11.2. The van der Waals surface area contributed by atoms with Crippen LogP contribution in [0.4, 0.5) is 0 Å². The van der Waals surface area contributed by atoms with Crippen LogP contribution in [0.25, 0.3) is 10.7 Å². The van der Waals surface area contributed by atoms with Gasteiger partial charge in [-0.2, -0.15) is 5.10 Å². The molecule has 3 aromatic rings. The predicted molar refractivity (Wildman–Crippen MR) is 89.1 cm³/mol. The third-order valence-corrected chi connectivity index (χ3v) is 5.23. The van der Waals surface area contributed by atoms with Gasteiger partial charge in [0.05, 0.1) is 0 Å². The smallest absolute Gasteiger partial charge is 0.325 e. The molecule has 7 nitrogen and oxygen atoms in total. The minimum atomic E-state index is -0.966. The van der Waals surface area contributed by atoms with Gasteiger partial charge < -0.3 is 14.6 Å². The van der Waals surface area contributed by atoms with Gasteiger partial charge in [-0.05, 0) is 11.4 Å². The van der Waals surface area contributed by atoms with Crippen LogP contribution in [0.1, 0.15) is 10.7 Å². The minimum Gasteiger partial charge on any atom is -0.485 e. The number of carbonyl (C=O) groups is 1. The summed E-state index contributed by atoms with van der Waals surface area (Å²) in [4.78, 5) is 17.6.